The highest BCUT2D eigenvalue weighted by molar-refractivity contribution is 5.81. The summed E-state index contributed by atoms with van der Waals surface area (Å²) in [7, 11) is 1.62. The minimum absolute atomic E-state index is 0.298. The van der Waals surface area contributed by atoms with Gasteiger partial charge in [0.2, 0.25) is 5.91 Å². The number of carbonyl (C=O) groups excluding carboxylic acids is 1. The summed E-state index contributed by atoms with van der Waals surface area (Å²) in [4.78, 5) is 12.0. The Labute approximate surface area is 132 Å². The van der Waals surface area contributed by atoms with Crippen LogP contribution in [0.5, 0.6) is 0 Å². The highest BCUT2D eigenvalue weighted by atomic mass is 16.5. The quantitative estimate of drug-likeness (QED) is 0.605. The Morgan fingerprint density at radius 2 is 2.09 bits per heavy atom. The Bertz CT molecular complexity index is 448. The van der Waals surface area contributed by atoms with Gasteiger partial charge < -0.3 is 20.5 Å². The first-order chi connectivity index (χ1) is 10.7. The highest BCUT2D eigenvalue weighted by Crippen LogP contribution is 2.27. The van der Waals surface area contributed by atoms with E-state index < -0.39 is 6.10 Å². The van der Waals surface area contributed by atoms with Crippen LogP contribution in [-0.2, 0) is 16.1 Å². The van der Waals surface area contributed by atoms with Crippen molar-refractivity contribution in [3.63, 3.8) is 0 Å². The van der Waals surface area contributed by atoms with E-state index in [-0.39, 0.29) is 11.9 Å². The van der Waals surface area contributed by atoms with Crippen molar-refractivity contribution in [2.75, 3.05) is 20.3 Å². The summed E-state index contributed by atoms with van der Waals surface area (Å²) in [5.41, 5.74) is 1.12. The van der Waals surface area contributed by atoms with Crippen LogP contribution in [0.4, 0.5) is 0 Å². The summed E-state index contributed by atoms with van der Waals surface area (Å²) < 4.78 is 5.08. The van der Waals surface area contributed by atoms with Crippen LogP contribution in [0.15, 0.2) is 30.3 Å². The minimum Gasteiger partial charge on any atom is -0.385 e. The third-order valence-corrected chi connectivity index (χ3v) is 3.96. The maximum absolute atomic E-state index is 12.0. The lowest BCUT2D eigenvalue weighted by atomic mass is 10.1. The zero-order chi connectivity index (χ0) is 15.8. The Kier molecular flexibility index (Phi) is 6.83. The zero-order valence-corrected chi connectivity index (χ0v) is 13.1. The van der Waals surface area contributed by atoms with Crippen LogP contribution in [0.25, 0.3) is 0 Å². The molecule has 1 aliphatic rings. The SMILES string of the molecule is COCCC(NCc1ccccc1)C(O)C(=O)NCC1CC1. The first-order valence-electron chi connectivity index (χ1n) is 7.92. The molecule has 0 bridgehead atoms. The second kappa shape index (κ2) is 8.88. The van der Waals surface area contributed by atoms with Crippen LogP contribution < -0.4 is 10.6 Å². The third kappa shape index (κ3) is 5.75. The van der Waals surface area contributed by atoms with Crippen molar-refractivity contribution >= 4 is 5.91 Å². The number of nitrogens with one attached hydrogen (secondary N) is 2. The second-order valence-electron chi connectivity index (χ2n) is 5.89. The average molecular weight is 306 g/mol. The monoisotopic (exact) mass is 306 g/mol. The van der Waals surface area contributed by atoms with Gasteiger partial charge in [-0.05, 0) is 30.7 Å². The smallest absolute Gasteiger partial charge is 0.250 e. The summed E-state index contributed by atoms with van der Waals surface area (Å²) in [5, 5.41) is 16.4. The van der Waals surface area contributed by atoms with E-state index in [0.29, 0.717) is 32.0 Å². The molecule has 3 N–H and O–H groups in total. The molecule has 0 aromatic heterocycles. The number of rotatable bonds is 10. The molecular formula is C17H26N2O3. The number of amides is 1. The molecule has 1 aromatic rings. The van der Waals surface area contributed by atoms with E-state index in [1.54, 1.807) is 7.11 Å². The molecule has 2 rings (SSSR count). The molecular weight excluding hydrogens is 280 g/mol. The van der Waals surface area contributed by atoms with Gasteiger partial charge in [0, 0.05) is 32.8 Å². The zero-order valence-electron chi connectivity index (χ0n) is 13.1. The van der Waals surface area contributed by atoms with Gasteiger partial charge in [-0.2, -0.15) is 0 Å². The van der Waals surface area contributed by atoms with E-state index in [9.17, 15) is 9.90 Å². The molecule has 0 aliphatic heterocycles. The van der Waals surface area contributed by atoms with Gasteiger partial charge in [0.15, 0.2) is 0 Å². The number of ether oxygens (including phenoxy) is 1. The molecule has 0 saturated heterocycles. The number of methoxy groups -OCH3 is 1. The van der Waals surface area contributed by atoms with E-state index in [1.165, 1.54) is 12.8 Å². The lowest BCUT2D eigenvalue weighted by molar-refractivity contribution is -0.131. The van der Waals surface area contributed by atoms with Crippen molar-refractivity contribution < 1.29 is 14.6 Å². The van der Waals surface area contributed by atoms with Crippen molar-refractivity contribution in [2.24, 2.45) is 5.92 Å². The molecule has 1 amide bonds. The number of hydrogen-bond acceptors (Lipinski definition) is 4. The van der Waals surface area contributed by atoms with E-state index in [1.807, 2.05) is 30.3 Å². The molecule has 5 nitrogen and oxygen atoms in total. The first-order valence-corrected chi connectivity index (χ1v) is 7.92. The molecule has 1 aromatic carbocycles. The van der Waals surface area contributed by atoms with Crippen molar-refractivity contribution in [3.05, 3.63) is 35.9 Å². The van der Waals surface area contributed by atoms with Gasteiger partial charge in [-0.25, -0.2) is 0 Å². The molecule has 1 aliphatic carbocycles. The lowest BCUT2D eigenvalue weighted by Gasteiger charge is -2.23. The lowest BCUT2D eigenvalue weighted by Crippen LogP contribution is -2.49. The molecule has 122 valence electrons. The number of benzene rings is 1. The highest BCUT2D eigenvalue weighted by Gasteiger charge is 2.28. The van der Waals surface area contributed by atoms with E-state index in [4.69, 9.17) is 4.74 Å². The molecule has 22 heavy (non-hydrogen) atoms. The predicted molar refractivity (Wildman–Crippen MR) is 85.3 cm³/mol. The van der Waals surface area contributed by atoms with Gasteiger partial charge in [-0.1, -0.05) is 30.3 Å². The summed E-state index contributed by atoms with van der Waals surface area (Å²) in [6.45, 7) is 1.78. The van der Waals surface area contributed by atoms with Crippen LogP contribution in [0.2, 0.25) is 0 Å². The number of aliphatic hydroxyl groups excluding tert-OH is 1. The molecule has 2 unspecified atom stereocenters. The van der Waals surface area contributed by atoms with Crippen LogP contribution in [0, 0.1) is 5.92 Å². The third-order valence-electron chi connectivity index (χ3n) is 3.96. The number of aliphatic hydroxyl groups is 1. The van der Waals surface area contributed by atoms with Crippen molar-refractivity contribution in [3.8, 4) is 0 Å². The fourth-order valence-electron chi connectivity index (χ4n) is 2.32. The maximum Gasteiger partial charge on any atom is 0.250 e. The van der Waals surface area contributed by atoms with Gasteiger partial charge in [0.05, 0.1) is 0 Å². The Morgan fingerprint density at radius 3 is 2.73 bits per heavy atom. The molecule has 2 atom stereocenters. The summed E-state index contributed by atoms with van der Waals surface area (Å²) in [6.07, 6.45) is 1.88. The Balaban J connectivity index is 1.84. The normalized spacial score (nSPS) is 17.0. The molecule has 5 heteroatoms. The minimum atomic E-state index is -1.06. The van der Waals surface area contributed by atoms with Crippen LogP contribution in [0.1, 0.15) is 24.8 Å². The largest absolute Gasteiger partial charge is 0.385 e. The standard InChI is InChI=1S/C17H26N2O3/c1-22-10-9-15(18-11-13-5-3-2-4-6-13)16(20)17(21)19-12-14-7-8-14/h2-6,14-16,18,20H,7-12H2,1H3,(H,19,21). The average Bonchev–Trinajstić information content (AvgIpc) is 3.37. The van der Waals surface area contributed by atoms with Gasteiger partial charge >= 0.3 is 0 Å². The van der Waals surface area contributed by atoms with Gasteiger partial charge in [-0.3, -0.25) is 4.79 Å². The Morgan fingerprint density at radius 1 is 1.36 bits per heavy atom. The van der Waals surface area contributed by atoms with Crippen LogP contribution in [0.3, 0.4) is 0 Å². The molecule has 1 fully saturated rings. The van der Waals surface area contributed by atoms with E-state index in [2.05, 4.69) is 10.6 Å². The molecule has 0 radical (unpaired) electrons. The number of hydrogen-bond donors (Lipinski definition) is 3. The van der Waals surface area contributed by atoms with Crippen LogP contribution in [-0.4, -0.2) is 43.4 Å². The predicted octanol–water partition coefficient (Wildman–Crippen LogP) is 1.07. The topological polar surface area (TPSA) is 70.6 Å². The molecule has 0 spiro atoms. The number of carbonyl (C=O) groups is 1. The fraction of sp³-hybridized carbons (Fsp3) is 0.588. The summed E-state index contributed by atoms with van der Waals surface area (Å²) >= 11 is 0. The second-order valence-corrected chi connectivity index (χ2v) is 5.89. The van der Waals surface area contributed by atoms with E-state index in [0.717, 1.165) is 5.56 Å². The summed E-state index contributed by atoms with van der Waals surface area (Å²) in [6, 6.07) is 9.62. The molecule has 1 saturated carbocycles. The first kappa shape index (κ1) is 16.9. The fourth-order valence-corrected chi connectivity index (χ4v) is 2.32. The van der Waals surface area contributed by atoms with Gasteiger partial charge in [0.25, 0.3) is 0 Å². The van der Waals surface area contributed by atoms with Crippen molar-refractivity contribution in [1.82, 2.24) is 10.6 Å². The summed E-state index contributed by atoms with van der Waals surface area (Å²) in [5.74, 6) is 0.305. The van der Waals surface area contributed by atoms with Crippen LogP contribution >= 0.6 is 0 Å². The van der Waals surface area contributed by atoms with Crippen molar-refractivity contribution in [2.45, 2.75) is 38.0 Å². The van der Waals surface area contributed by atoms with Gasteiger partial charge in [-0.15, -0.1) is 0 Å². The van der Waals surface area contributed by atoms with Crippen molar-refractivity contribution in [1.29, 1.82) is 0 Å². The maximum atomic E-state index is 12.0. The molecule has 0 heterocycles. The Hall–Kier alpha value is -1.43. The van der Waals surface area contributed by atoms with E-state index >= 15 is 0 Å². The van der Waals surface area contributed by atoms with Gasteiger partial charge in [0.1, 0.15) is 6.10 Å².